The monoisotopic (exact) mass is 1350 g/mol. The summed E-state index contributed by atoms with van der Waals surface area (Å²) in [6.45, 7) is 14.1. The highest BCUT2D eigenvalue weighted by Gasteiger charge is 2.30. The first-order chi connectivity index (χ1) is 44.1. The van der Waals surface area contributed by atoms with Gasteiger partial charge in [0.05, 0.1) is 26.4 Å². The minimum Gasteiger partial charge on any atom is -0.462 e. The van der Waals surface area contributed by atoms with Gasteiger partial charge in [-0.05, 0) is 49.4 Å². The molecule has 0 heterocycles. The molecule has 0 amide bonds. The number of aliphatic hydroxyl groups excluding tert-OH is 1. The first-order valence-corrected chi connectivity index (χ1v) is 40.7. The Bertz CT molecular complexity index is 1820. The number of carbonyl (C=O) groups excluding carboxylic acids is 4. The van der Waals surface area contributed by atoms with Gasteiger partial charge in [-0.3, -0.25) is 37.3 Å². The fourth-order valence-corrected chi connectivity index (χ4v) is 12.6. The second-order valence-corrected chi connectivity index (χ2v) is 31.1. The maximum Gasteiger partial charge on any atom is 0.472 e. The maximum atomic E-state index is 13.0. The van der Waals surface area contributed by atoms with E-state index in [2.05, 4.69) is 55.4 Å². The summed E-state index contributed by atoms with van der Waals surface area (Å²) in [7, 11) is -9.91. The van der Waals surface area contributed by atoms with Gasteiger partial charge in [-0.2, -0.15) is 0 Å². The average molecular weight is 1350 g/mol. The van der Waals surface area contributed by atoms with Crippen LogP contribution in [0.1, 0.15) is 364 Å². The quantitative estimate of drug-likeness (QED) is 0.0222. The summed E-state index contributed by atoms with van der Waals surface area (Å²) in [5, 5.41) is 10.6. The van der Waals surface area contributed by atoms with Crippen LogP contribution in [-0.4, -0.2) is 96.7 Å². The number of esters is 4. The number of phosphoric ester groups is 2. The van der Waals surface area contributed by atoms with Crippen molar-refractivity contribution in [3.05, 3.63) is 0 Å². The molecule has 19 heteroatoms. The van der Waals surface area contributed by atoms with Crippen LogP contribution in [-0.2, 0) is 65.4 Å². The van der Waals surface area contributed by atoms with Crippen molar-refractivity contribution in [2.75, 3.05) is 39.6 Å². The second kappa shape index (κ2) is 62.6. The lowest BCUT2D eigenvalue weighted by Gasteiger charge is -2.21. The molecule has 5 atom stereocenters. The fourth-order valence-electron chi connectivity index (χ4n) is 11.0. The van der Waals surface area contributed by atoms with E-state index in [1.54, 1.807) is 0 Å². The molecular weight excluding hydrogens is 1210 g/mol. The van der Waals surface area contributed by atoms with Crippen molar-refractivity contribution in [3.63, 3.8) is 0 Å². The maximum absolute atomic E-state index is 13.0. The zero-order valence-electron chi connectivity index (χ0n) is 60.2. The summed E-state index contributed by atoms with van der Waals surface area (Å²) in [4.78, 5) is 72.6. The number of phosphoric acid groups is 2. The number of ether oxygens (including phenoxy) is 4. The van der Waals surface area contributed by atoms with Gasteiger partial charge in [-0.25, -0.2) is 9.13 Å². The minimum absolute atomic E-state index is 0.102. The van der Waals surface area contributed by atoms with Gasteiger partial charge in [0.15, 0.2) is 12.2 Å². The van der Waals surface area contributed by atoms with Crippen LogP contribution in [0.25, 0.3) is 0 Å². The van der Waals surface area contributed by atoms with E-state index in [9.17, 15) is 43.2 Å². The van der Waals surface area contributed by atoms with Crippen molar-refractivity contribution >= 4 is 39.5 Å². The van der Waals surface area contributed by atoms with Gasteiger partial charge < -0.3 is 33.8 Å². The van der Waals surface area contributed by atoms with Gasteiger partial charge in [-0.1, -0.05) is 312 Å². The number of hydrogen-bond acceptors (Lipinski definition) is 15. The van der Waals surface area contributed by atoms with Crippen molar-refractivity contribution in [2.45, 2.75) is 382 Å². The molecule has 3 N–H and O–H groups in total. The van der Waals surface area contributed by atoms with Gasteiger partial charge in [0.2, 0.25) is 0 Å². The van der Waals surface area contributed by atoms with E-state index in [-0.39, 0.29) is 25.7 Å². The summed E-state index contributed by atoms with van der Waals surface area (Å²) in [5.41, 5.74) is 0. The van der Waals surface area contributed by atoms with E-state index in [1.807, 2.05) is 0 Å². The highest BCUT2D eigenvalue weighted by atomic mass is 31.2. The topological polar surface area (TPSA) is 237 Å². The molecule has 0 aromatic carbocycles. The average Bonchev–Trinajstić information content (AvgIpc) is 2.42. The first-order valence-electron chi connectivity index (χ1n) is 37.7. The van der Waals surface area contributed by atoms with Crippen LogP contribution >= 0.6 is 15.6 Å². The fraction of sp³-hybridized carbons (Fsp3) is 0.945. The Morgan fingerprint density at radius 1 is 0.272 bits per heavy atom. The number of rotatable bonds is 70. The number of carbonyl (C=O) groups is 4. The molecule has 546 valence electrons. The van der Waals surface area contributed by atoms with E-state index in [0.29, 0.717) is 31.6 Å². The predicted molar refractivity (Wildman–Crippen MR) is 372 cm³/mol. The molecule has 0 saturated heterocycles. The Hall–Kier alpha value is -1.94. The van der Waals surface area contributed by atoms with Crippen molar-refractivity contribution in [1.29, 1.82) is 0 Å². The molecule has 0 saturated carbocycles. The Balaban J connectivity index is 5.22. The second-order valence-electron chi connectivity index (χ2n) is 28.2. The summed E-state index contributed by atoms with van der Waals surface area (Å²) in [5.74, 6) is 0.853. The van der Waals surface area contributed by atoms with E-state index < -0.39 is 97.5 Å². The lowest BCUT2D eigenvalue weighted by molar-refractivity contribution is -0.161. The summed E-state index contributed by atoms with van der Waals surface area (Å²) >= 11 is 0. The first kappa shape index (κ1) is 90.1. The van der Waals surface area contributed by atoms with E-state index in [0.717, 1.165) is 108 Å². The molecule has 0 aliphatic rings. The normalized spacial score (nSPS) is 14.2. The predicted octanol–water partition coefficient (Wildman–Crippen LogP) is 20.9. The number of hydrogen-bond donors (Lipinski definition) is 3. The third kappa shape index (κ3) is 66.7. The molecule has 0 aliphatic carbocycles. The largest absolute Gasteiger partial charge is 0.472 e. The molecule has 0 bridgehead atoms. The summed E-state index contributed by atoms with van der Waals surface area (Å²) < 4.78 is 68.4. The third-order valence-corrected chi connectivity index (χ3v) is 18.7. The molecule has 0 aromatic heterocycles. The van der Waals surface area contributed by atoms with Gasteiger partial charge in [0.1, 0.15) is 19.3 Å². The molecule has 3 unspecified atom stereocenters. The zero-order valence-corrected chi connectivity index (χ0v) is 62.0. The van der Waals surface area contributed by atoms with Crippen molar-refractivity contribution in [2.24, 2.45) is 23.7 Å². The standard InChI is InChI=1S/C73H142O17P2/c1-63(2)49-41-33-25-18-14-12-10-9-11-13-15-20-29-37-45-53-70(75)83-59-68(89-72(77)55-47-39-31-21-17-16-19-26-34-42-50-64(3)4)61-87-91(79,80)85-57-67(74)58-86-92(81,82)88-62-69(90-73(78)56-48-40-32-24-28-36-44-52-66(7)8)60-84-71(76)54-46-38-30-23-22-27-35-43-51-65(5)6/h63-69,74H,9-62H2,1-8H3,(H,79,80)(H,81,82)/t67?,68-,69-/m1/s1. The molecule has 0 spiro atoms. The van der Waals surface area contributed by atoms with Crippen LogP contribution in [0, 0.1) is 23.7 Å². The van der Waals surface area contributed by atoms with Gasteiger partial charge in [-0.15, -0.1) is 0 Å². The van der Waals surface area contributed by atoms with Gasteiger partial charge in [0.25, 0.3) is 0 Å². The molecular formula is C73H142O17P2. The highest BCUT2D eigenvalue weighted by molar-refractivity contribution is 7.47. The summed E-state index contributed by atoms with van der Waals surface area (Å²) in [6, 6.07) is 0. The molecule has 0 rings (SSSR count). The molecule has 0 aromatic rings. The van der Waals surface area contributed by atoms with Gasteiger partial charge in [0, 0.05) is 25.7 Å². The Labute approximate surface area is 562 Å². The molecule has 0 fully saturated rings. The molecule has 0 radical (unpaired) electrons. The molecule has 17 nitrogen and oxygen atoms in total. The number of aliphatic hydroxyl groups is 1. The Morgan fingerprint density at radius 3 is 0.674 bits per heavy atom. The van der Waals surface area contributed by atoms with Crippen molar-refractivity contribution in [3.8, 4) is 0 Å². The Kier molecular flexibility index (Phi) is 61.3. The van der Waals surface area contributed by atoms with E-state index in [1.165, 1.54) is 167 Å². The van der Waals surface area contributed by atoms with Crippen molar-refractivity contribution in [1.82, 2.24) is 0 Å². The lowest BCUT2D eigenvalue weighted by Crippen LogP contribution is -2.30. The van der Waals surface area contributed by atoms with Crippen LogP contribution in [0.4, 0.5) is 0 Å². The smallest absolute Gasteiger partial charge is 0.462 e. The van der Waals surface area contributed by atoms with Crippen LogP contribution in [0.3, 0.4) is 0 Å². The SMILES string of the molecule is CC(C)CCCCCCCCCCCCCCCCCC(=O)OC[C@H](COP(=O)(O)OCC(O)COP(=O)(O)OC[C@@H](COC(=O)CCCCCCCCCCC(C)C)OC(=O)CCCCCCCCCC(C)C)OC(=O)CCCCCCCCCCCCC(C)C. The van der Waals surface area contributed by atoms with Crippen LogP contribution < -0.4 is 0 Å². The minimum atomic E-state index is -4.96. The van der Waals surface area contributed by atoms with Crippen LogP contribution in [0.5, 0.6) is 0 Å². The number of unbranched alkanes of at least 4 members (excludes halogenated alkanes) is 36. The van der Waals surface area contributed by atoms with Crippen molar-refractivity contribution < 1.29 is 80.2 Å². The highest BCUT2D eigenvalue weighted by Crippen LogP contribution is 2.45. The molecule has 0 aliphatic heterocycles. The zero-order chi connectivity index (χ0) is 68.2. The molecule has 92 heavy (non-hydrogen) atoms. The van der Waals surface area contributed by atoms with E-state index in [4.69, 9.17) is 37.0 Å². The summed E-state index contributed by atoms with van der Waals surface area (Å²) in [6.07, 6.45) is 46.0. The van der Waals surface area contributed by atoms with E-state index >= 15 is 0 Å². The lowest BCUT2D eigenvalue weighted by atomic mass is 10.0. The van der Waals surface area contributed by atoms with Crippen LogP contribution in [0.15, 0.2) is 0 Å². The Morgan fingerprint density at radius 2 is 0.457 bits per heavy atom. The van der Waals surface area contributed by atoms with Gasteiger partial charge >= 0.3 is 39.5 Å². The third-order valence-electron chi connectivity index (χ3n) is 16.8. The van der Waals surface area contributed by atoms with Crippen LogP contribution in [0.2, 0.25) is 0 Å².